The van der Waals surface area contributed by atoms with Crippen LogP contribution in [0.2, 0.25) is 0 Å². The number of alkyl halides is 1. The van der Waals surface area contributed by atoms with Crippen LogP contribution in [0.3, 0.4) is 0 Å². The molecule has 6 heteroatoms. The third-order valence-electron chi connectivity index (χ3n) is 3.54. The summed E-state index contributed by atoms with van der Waals surface area (Å²) in [6, 6.07) is 11.7. The fourth-order valence-electron chi connectivity index (χ4n) is 2.53. The van der Waals surface area contributed by atoms with E-state index >= 15 is 0 Å². The standard InChI is InChI=1S/C15H13BrN4O/c16-7-11-6-14(21)19(10-11)15-12(8-17)9-18-20(15)13-4-2-1-3-5-13/h1-5,9,11H,6-7,10H2. The fourth-order valence-corrected chi connectivity index (χ4v) is 2.96. The van der Waals surface area contributed by atoms with Gasteiger partial charge in [-0.15, -0.1) is 0 Å². The lowest BCUT2D eigenvalue weighted by molar-refractivity contribution is -0.117. The molecule has 0 aliphatic carbocycles. The number of aromatic nitrogens is 2. The Morgan fingerprint density at radius 2 is 2.14 bits per heavy atom. The Kier molecular flexibility index (Phi) is 3.76. The van der Waals surface area contributed by atoms with Crippen molar-refractivity contribution in [1.82, 2.24) is 9.78 Å². The number of amides is 1. The quantitative estimate of drug-likeness (QED) is 0.803. The van der Waals surface area contributed by atoms with E-state index in [4.69, 9.17) is 0 Å². The van der Waals surface area contributed by atoms with Crippen molar-refractivity contribution in [3.63, 3.8) is 0 Å². The van der Waals surface area contributed by atoms with Crippen molar-refractivity contribution in [2.24, 2.45) is 5.92 Å². The lowest BCUT2D eigenvalue weighted by Crippen LogP contribution is -2.28. The molecule has 1 unspecified atom stereocenters. The number of rotatable bonds is 3. The molecule has 2 aromatic rings. The highest BCUT2D eigenvalue weighted by atomic mass is 79.9. The van der Waals surface area contributed by atoms with Gasteiger partial charge in [-0.2, -0.15) is 10.4 Å². The zero-order valence-corrected chi connectivity index (χ0v) is 12.8. The molecule has 1 aromatic carbocycles. The molecule has 0 N–H and O–H groups in total. The van der Waals surface area contributed by atoms with E-state index in [1.54, 1.807) is 9.58 Å². The van der Waals surface area contributed by atoms with Gasteiger partial charge in [-0.05, 0) is 18.1 Å². The van der Waals surface area contributed by atoms with Gasteiger partial charge in [0.2, 0.25) is 5.91 Å². The molecule has 1 saturated heterocycles. The van der Waals surface area contributed by atoms with E-state index in [2.05, 4.69) is 27.1 Å². The maximum Gasteiger partial charge on any atom is 0.228 e. The third kappa shape index (κ3) is 2.45. The Labute approximate surface area is 130 Å². The molecular weight excluding hydrogens is 332 g/mol. The van der Waals surface area contributed by atoms with Gasteiger partial charge in [0.1, 0.15) is 11.6 Å². The molecule has 106 valence electrons. The van der Waals surface area contributed by atoms with Crippen LogP contribution in [0.4, 0.5) is 5.82 Å². The van der Waals surface area contributed by atoms with Gasteiger partial charge in [0.05, 0.1) is 11.9 Å². The SMILES string of the molecule is N#Cc1cnn(-c2ccccc2)c1N1CC(CBr)CC1=O. The van der Waals surface area contributed by atoms with Gasteiger partial charge in [0.25, 0.3) is 0 Å². The van der Waals surface area contributed by atoms with E-state index in [-0.39, 0.29) is 11.8 Å². The zero-order chi connectivity index (χ0) is 14.8. The van der Waals surface area contributed by atoms with E-state index in [0.29, 0.717) is 24.3 Å². The van der Waals surface area contributed by atoms with E-state index in [0.717, 1.165) is 11.0 Å². The molecule has 0 bridgehead atoms. The second-order valence-electron chi connectivity index (χ2n) is 4.97. The molecule has 1 atom stereocenters. The summed E-state index contributed by atoms with van der Waals surface area (Å²) in [5, 5.41) is 14.3. The van der Waals surface area contributed by atoms with Crippen LogP contribution in [0.5, 0.6) is 0 Å². The molecule has 1 aromatic heterocycles. The summed E-state index contributed by atoms with van der Waals surface area (Å²) in [5.74, 6) is 0.869. The number of nitriles is 1. The maximum absolute atomic E-state index is 12.2. The van der Waals surface area contributed by atoms with Crippen LogP contribution >= 0.6 is 15.9 Å². The highest BCUT2D eigenvalue weighted by molar-refractivity contribution is 9.09. The van der Waals surface area contributed by atoms with E-state index in [1.165, 1.54) is 6.20 Å². The monoisotopic (exact) mass is 344 g/mol. The summed E-state index contributed by atoms with van der Waals surface area (Å²) in [4.78, 5) is 13.9. The molecule has 5 nitrogen and oxygen atoms in total. The third-order valence-corrected chi connectivity index (χ3v) is 4.46. The molecular formula is C15H13BrN4O. The summed E-state index contributed by atoms with van der Waals surface area (Å²) in [6.07, 6.45) is 2.01. The van der Waals surface area contributed by atoms with Gasteiger partial charge in [0.15, 0.2) is 5.82 Å². The molecule has 1 aliphatic rings. The summed E-state index contributed by atoms with van der Waals surface area (Å²) in [6.45, 7) is 0.608. The van der Waals surface area contributed by atoms with Gasteiger partial charge in [-0.25, -0.2) is 4.68 Å². The smallest absolute Gasteiger partial charge is 0.228 e. The summed E-state index contributed by atoms with van der Waals surface area (Å²) < 4.78 is 1.66. The van der Waals surface area contributed by atoms with Crippen molar-refractivity contribution in [1.29, 1.82) is 5.26 Å². The lowest BCUT2D eigenvalue weighted by Gasteiger charge is -2.18. The number of anilines is 1. The summed E-state index contributed by atoms with van der Waals surface area (Å²) >= 11 is 3.43. The maximum atomic E-state index is 12.2. The van der Waals surface area contributed by atoms with Crippen molar-refractivity contribution in [3.8, 4) is 11.8 Å². The van der Waals surface area contributed by atoms with Gasteiger partial charge < -0.3 is 0 Å². The highest BCUT2D eigenvalue weighted by Gasteiger charge is 2.33. The van der Waals surface area contributed by atoms with Crippen LogP contribution in [-0.4, -0.2) is 27.6 Å². The number of hydrogen-bond acceptors (Lipinski definition) is 3. The number of halogens is 1. The Morgan fingerprint density at radius 1 is 1.38 bits per heavy atom. The minimum atomic E-state index is 0.0358. The van der Waals surface area contributed by atoms with E-state index in [9.17, 15) is 10.1 Å². The number of carbonyl (C=O) groups is 1. The van der Waals surface area contributed by atoms with Gasteiger partial charge in [0, 0.05) is 18.3 Å². The normalized spacial score (nSPS) is 18.0. The predicted octanol–water partition coefficient (Wildman–Crippen LogP) is 2.49. The number of para-hydroxylation sites is 1. The van der Waals surface area contributed by atoms with E-state index < -0.39 is 0 Å². The summed E-state index contributed by atoms with van der Waals surface area (Å²) in [7, 11) is 0. The molecule has 2 heterocycles. The van der Waals surface area contributed by atoms with Gasteiger partial charge >= 0.3 is 0 Å². The van der Waals surface area contributed by atoms with Crippen molar-refractivity contribution in [2.75, 3.05) is 16.8 Å². The van der Waals surface area contributed by atoms with Gasteiger partial charge in [-0.1, -0.05) is 34.1 Å². The average molecular weight is 345 g/mol. The molecule has 1 aliphatic heterocycles. The van der Waals surface area contributed by atoms with Crippen molar-refractivity contribution < 1.29 is 4.79 Å². The first-order valence-corrected chi connectivity index (χ1v) is 7.76. The molecule has 0 radical (unpaired) electrons. The Balaban J connectivity index is 2.08. The first-order chi connectivity index (χ1) is 10.2. The highest BCUT2D eigenvalue weighted by Crippen LogP contribution is 2.30. The molecule has 0 spiro atoms. The van der Waals surface area contributed by atoms with Gasteiger partial charge in [-0.3, -0.25) is 9.69 Å². The molecule has 21 heavy (non-hydrogen) atoms. The molecule has 0 saturated carbocycles. The largest absolute Gasteiger partial charge is 0.295 e. The van der Waals surface area contributed by atoms with Crippen LogP contribution < -0.4 is 4.90 Å². The van der Waals surface area contributed by atoms with Crippen LogP contribution in [-0.2, 0) is 4.79 Å². The predicted molar refractivity (Wildman–Crippen MR) is 82.5 cm³/mol. The molecule has 1 fully saturated rings. The number of nitrogens with zero attached hydrogens (tertiary/aromatic N) is 4. The van der Waals surface area contributed by atoms with Crippen LogP contribution in [0.25, 0.3) is 5.69 Å². The lowest BCUT2D eigenvalue weighted by atomic mass is 10.2. The van der Waals surface area contributed by atoms with Crippen molar-refractivity contribution >= 4 is 27.7 Å². The number of benzene rings is 1. The second kappa shape index (κ2) is 5.70. The first kappa shape index (κ1) is 13.8. The Morgan fingerprint density at radius 3 is 2.76 bits per heavy atom. The van der Waals surface area contributed by atoms with Crippen molar-refractivity contribution in [2.45, 2.75) is 6.42 Å². The Hall–Kier alpha value is -2.13. The molecule has 3 rings (SSSR count). The van der Waals surface area contributed by atoms with Crippen molar-refractivity contribution in [3.05, 3.63) is 42.1 Å². The zero-order valence-electron chi connectivity index (χ0n) is 11.2. The number of carbonyl (C=O) groups excluding carboxylic acids is 1. The van der Waals surface area contributed by atoms with Crippen LogP contribution in [0.1, 0.15) is 12.0 Å². The summed E-state index contributed by atoms with van der Waals surface area (Å²) in [5.41, 5.74) is 1.26. The molecule has 1 amide bonds. The Bertz CT molecular complexity index is 704. The van der Waals surface area contributed by atoms with Crippen LogP contribution in [0, 0.1) is 17.2 Å². The minimum absolute atomic E-state index is 0.0358. The van der Waals surface area contributed by atoms with E-state index in [1.807, 2.05) is 30.3 Å². The minimum Gasteiger partial charge on any atom is -0.295 e. The average Bonchev–Trinajstić information content (AvgIpc) is 3.10. The topological polar surface area (TPSA) is 61.9 Å². The fraction of sp³-hybridized carbons (Fsp3) is 0.267. The number of hydrogen-bond donors (Lipinski definition) is 0. The first-order valence-electron chi connectivity index (χ1n) is 6.64. The second-order valence-corrected chi connectivity index (χ2v) is 5.62. The van der Waals surface area contributed by atoms with Crippen LogP contribution in [0.15, 0.2) is 36.5 Å².